The van der Waals surface area contributed by atoms with E-state index in [1.807, 2.05) is 13.8 Å². The molecule has 0 radical (unpaired) electrons. The highest BCUT2D eigenvalue weighted by atomic mass is 16.3. The minimum absolute atomic E-state index is 0.0165. The Labute approximate surface area is 198 Å². The fourth-order valence-corrected chi connectivity index (χ4v) is 3.56. The van der Waals surface area contributed by atoms with Gasteiger partial charge in [-0.05, 0) is 49.4 Å². The molecule has 0 aliphatic rings. The van der Waals surface area contributed by atoms with Crippen LogP contribution in [0.1, 0.15) is 64.9 Å². The van der Waals surface area contributed by atoms with Crippen LogP contribution in [-0.4, -0.2) is 48.4 Å². The largest absolute Gasteiger partial charge is 0.392 e. The zero-order valence-electron chi connectivity index (χ0n) is 20.3. The van der Waals surface area contributed by atoms with Gasteiger partial charge in [-0.1, -0.05) is 52.2 Å². The lowest BCUT2D eigenvalue weighted by Crippen LogP contribution is -2.54. The van der Waals surface area contributed by atoms with Crippen LogP contribution in [-0.2, 0) is 21.0 Å². The van der Waals surface area contributed by atoms with Crippen LogP contribution in [0, 0.1) is 11.8 Å². The smallest absolute Gasteiger partial charge is 0.246 e. The summed E-state index contributed by atoms with van der Waals surface area (Å²) in [6.45, 7) is 6.75. The predicted molar refractivity (Wildman–Crippen MR) is 132 cm³/mol. The van der Waals surface area contributed by atoms with E-state index in [4.69, 9.17) is 10.8 Å². The molecule has 3 atom stereocenters. The van der Waals surface area contributed by atoms with Crippen molar-refractivity contribution in [1.29, 1.82) is 0 Å². The van der Waals surface area contributed by atoms with Gasteiger partial charge in [0.1, 0.15) is 12.3 Å². The summed E-state index contributed by atoms with van der Waals surface area (Å²) >= 11 is 0. The Morgan fingerprint density at radius 3 is 2.30 bits per heavy atom. The zero-order chi connectivity index (χ0) is 24.6. The number of amides is 2. The number of aldehydes is 1. The second kappa shape index (κ2) is 16.3. The minimum Gasteiger partial charge on any atom is -0.392 e. The summed E-state index contributed by atoms with van der Waals surface area (Å²) in [7, 11) is 0. The summed E-state index contributed by atoms with van der Waals surface area (Å²) < 4.78 is 0. The van der Waals surface area contributed by atoms with Crippen LogP contribution < -0.4 is 21.7 Å². The van der Waals surface area contributed by atoms with Gasteiger partial charge >= 0.3 is 0 Å². The maximum Gasteiger partial charge on any atom is 0.246 e. The maximum absolute atomic E-state index is 13.1. The molecular weight excluding hydrogens is 420 g/mol. The molecule has 0 fully saturated rings. The Bertz CT molecular complexity index is 709. The summed E-state index contributed by atoms with van der Waals surface area (Å²) in [5.74, 6) is -0.738. The quantitative estimate of drug-likeness (QED) is 0.178. The Morgan fingerprint density at radius 1 is 1.06 bits per heavy atom. The molecule has 0 saturated heterocycles. The molecule has 0 heterocycles. The summed E-state index contributed by atoms with van der Waals surface area (Å²) in [5.41, 5.74) is 6.97. The van der Waals surface area contributed by atoms with Crippen molar-refractivity contribution in [3.8, 4) is 0 Å². The number of carbonyl (C=O) groups is 3. The van der Waals surface area contributed by atoms with Gasteiger partial charge in [0.2, 0.25) is 11.8 Å². The van der Waals surface area contributed by atoms with E-state index in [2.05, 4.69) is 22.9 Å². The normalized spacial score (nSPS) is 13.9. The molecule has 0 aliphatic carbocycles. The number of benzene rings is 1. The molecule has 1 rings (SSSR count). The van der Waals surface area contributed by atoms with Gasteiger partial charge in [0.05, 0.1) is 12.6 Å². The molecule has 8 nitrogen and oxygen atoms in total. The molecular formula is C25H42N4O4. The van der Waals surface area contributed by atoms with Crippen molar-refractivity contribution >= 4 is 23.8 Å². The molecule has 0 aromatic heterocycles. The molecule has 0 aliphatic heterocycles. The Hall–Kier alpha value is -2.29. The second-order valence-electron chi connectivity index (χ2n) is 8.86. The second-order valence-corrected chi connectivity index (χ2v) is 8.86. The van der Waals surface area contributed by atoms with Crippen LogP contribution in [0.15, 0.2) is 24.3 Å². The van der Waals surface area contributed by atoms with E-state index in [-0.39, 0.29) is 30.3 Å². The summed E-state index contributed by atoms with van der Waals surface area (Å²) in [5, 5.41) is 18.1. The molecule has 1 aromatic carbocycles. The van der Waals surface area contributed by atoms with Crippen LogP contribution in [0.4, 0.5) is 5.69 Å². The van der Waals surface area contributed by atoms with Gasteiger partial charge in [-0.2, -0.15) is 0 Å². The molecule has 8 heteroatoms. The van der Waals surface area contributed by atoms with Gasteiger partial charge < -0.3 is 31.6 Å². The number of nitrogens with one attached hydrogen (secondary N) is 3. The van der Waals surface area contributed by atoms with E-state index in [9.17, 15) is 14.4 Å². The standard InChI is InChI=1S/C25H42N4O4/c1-4-5-6-8-20(17-31)15-27-23(18(2)3)25(33)29-22(9-7-14-26)24(32)28-21-12-10-19(16-30)11-13-21/h10-13,17-18,20,22-23,27,30H,4-9,14-16,26H2,1-3H3,(H,28,32)(H,29,33)/t20?,22-,23-/m0/s1. The Kier molecular flexibility index (Phi) is 14.2. The van der Waals surface area contributed by atoms with Crippen molar-refractivity contribution in [3.63, 3.8) is 0 Å². The number of aliphatic hydroxyl groups is 1. The first-order valence-electron chi connectivity index (χ1n) is 12.1. The van der Waals surface area contributed by atoms with Crippen molar-refractivity contribution < 1.29 is 19.5 Å². The fourth-order valence-electron chi connectivity index (χ4n) is 3.56. The van der Waals surface area contributed by atoms with Crippen LogP contribution >= 0.6 is 0 Å². The number of hydrogen-bond donors (Lipinski definition) is 5. The number of hydrogen-bond acceptors (Lipinski definition) is 6. The predicted octanol–water partition coefficient (Wildman–Crippen LogP) is 2.35. The van der Waals surface area contributed by atoms with Crippen LogP contribution in [0.3, 0.4) is 0 Å². The van der Waals surface area contributed by atoms with Crippen molar-refractivity contribution in [2.75, 3.05) is 18.4 Å². The lowest BCUT2D eigenvalue weighted by atomic mass is 9.99. The molecule has 1 aromatic rings. The van der Waals surface area contributed by atoms with Gasteiger partial charge in [-0.3, -0.25) is 9.59 Å². The van der Waals surface area contributed by atoms with Crippen LogP contribution in [0.25, 0.3) is 0 Å². The zero-order valence-corrected chi connectivity index (χ0v) is 20.3. The van der Waals surface area contributed by atoms with E-state index in [0.717, 1.165) is 37.5 Å². The number of aliphatic hydroxyl groups excluding tert-OH is 1. The van der Waals surface area contributed by atoms with Gasteiger partial charge in [0.25, 0.3) is 0 Å². The van der Waals surface area contributed by atoms with E-state index in [1.54, 1.807) is 24.3 Å². The van der Waals surface area contributed by atoms with Gasteiger partial charge in [-0.15, -0.1) is 0 Å². The average molecular weight is 463 g/mol. The molecule has 0 saturated carbocycles. The van der Waals surface area contributed by atoms with E-state index < -0.39 is 12.1 Å². The number of nitrogens with two attached hydrogens (primary N) is 1. The minimum atomic E-state index is -0.729. The van der Waals surface area contributed by atoms with Gasteiger partial charge in [0, 0.05) is 18.2 Å². The van der Waals surface area contributed by atoms with Crippen molar-refractivity contribution in [1.82, 2.24) is 10.6 Å². The molecule has 0 bridgehead atoms. The molecule has 0 spiro atoms. The Morgan fingerprint density at radius 2 is 1.76 bits per heavy atom. The average Bonchev–Trinajstić information content (AvgIpc) is 2.80. The molecule has 6 N–H and O–H groups in total. The summed E-state index contributed by atoms with van der Waals surface area (Å²) in [4.78, 5) is 37.4. The monoisotopic (exact) mass is 462 g/mol. The third-order valence-electron chi connectivity index (χ3n) is 5.65. The Balaban J connectivity index is 2.78. The van der Waals surface area contributed by atoms with Gasteiger partial charge in [-0.25, -0.2) is 0 Å². The number of anilines is 1. The van der Waals surface area contributed by atoms with E-state index >= 15 is 0 Å². The number of rotatable bonds is 17. The highest BCUT2D eigenvalue weighted by molar-refractivity contribution is 5.97. The van der Waals surface area contributed by atoms with Crippen molar-refractivity contribution in [2.45, 2.75) is 78.0 Å². The first-order chi connectivity index (χ1) is 15.9. The van der Waals surface area contributed by atoms with Crippen LogP contribution in [0.2, 0.25) is 0 Å². The third kappa shape index (κ3) is 10.9. The molecule has 2 amide bonds. The summed E-state index contributed by atoms with van der Waals surface area (Å²) in [6.07, 6.45) is 5.92. The first kappa shape index (κ1) is 28.7. The highest BCUT2D eigenvalue weighted by Gasteiger charge is 2.27. The molecule has 186 valence electrons. The summed E-state index contributed by atoms with van der Waals surface area (Å²) in [6, 6.07) is 5.63. The highest BCUT2D eigenvalue weighted by Crippen LogP contribution is 2.12. The lowest BCUT2D eigenvalue weighted by Gasteiger charge is -2.26. The van der Waals surface area contributed by atoms with Crippen LogP contribution in [0.5, 0.6) is 0 Å². The lowest BCUT2D eigenvalue weighted by molar-refractivity contribution is -0.129. The van der Waals surface area contributed by atoms with Crippen molar-refractivity contribution in [3.05, 3.63) is 29.8 Å². The van der Waals surface area contributed by atoms with Crippen molar-refractivity contribution in [2.24, 2.45) is 17.6 Å². The molecule has 1 unspecified atom stereocenters. The third-order valence-corrected chi connectivity index (χ3v) is 5.65. The maximum atomic E-state index is 13.1. The topological polar surface area (TPSA) is 134 Å². The fraction of sp³-hybridized carbons (Fsp3) is 0.640. The van der Waals surface area contributed by atoms with E-state index in [1.165, 1.54) is 0 Å². The SMILES string of the molecule is CCCCCC(C=O)CN[C@H](C(=O)N[C@@H](CCCN)C(=O)Nc1ccc(CO)cc1)C(C)C. The molecule has 33 heavy (non-hydrogen) atoms. The first-order valence-corrected chi connectivity index (χ1v) is 12.1. The number of unbranched alkanes of at least 4 members (excludes halogenated alkanes) is 2. The number of carbonyl (C=O) groups excluding carboxylic acids is 3. The van der Waals surface area contributed by atoms with Gasteiger partial charge in [0.15, 0.2) is 0 Å². The van der Waals surface area contributed by atoms with E-state index in [0.29, 0.717) is 31.6 Å².